The largest absolute Gasteiger partial charge is 0.481 e. The number of hydrogen-bond donors (Lipinski definition) is 2. The van der Waals surface area contributed by atoms with E-state index in [4.69, 9.17) is 5.11 Å². The van der Waals surface area contributed by atoms with Gasteiger partial charge >= 0.3 is 5.97 Å². The van der Waals surface area contributed by atoms with Crippen molar-refractivity contribution in [3.05, 3.63) is 12.2 Å². The monoisotopic (exact) mass is 239 g/mol. The minimum atomic E-state index is -0.830. The summed E-state index contributed by atoms with van der Waals surface area (Å²) < 4.78 is 0. The van der Waals surface area contributed by atoms with Gasteiger partial charge in [0, 0.05) is 12.5 Å². The van der Waals surface area contributed by atoms with Crippen LogP contribution in [-0.2, 0) is 9.59 Å². The van der Waals surface area contributed by atoms with E-state index in [0.29, 0.717) is 12.3 Å². The van der Waals surface area contributed by atoms with Crippen molar-refractivity contribution in [3.63, 3.8) is 0 Å². The fourth-order valence-corrected chi connectivity index (χ4v) is 2.04. The van der Waals surface area contributed by atoms with E-state index in [2.05, 4.69) is 5.32 Å². The SMILES string of the molecule is CC(C)CC(CNC(=O)C1CC=CC1)C(=O)O. The third kappa shape index (κ3) is 4.59. The second-order valence-electron chi connectivity index (χ2n) is 5.05. The summed E-state index contributed by atoms with van der Waals surface area (Å²) >= 11 is 0. The number of amides is 1. The second kappa shape index (κ2) is 6.42. The molecule has 1 aliphatic rings. The summed E-state index contributed by atoms with van der Waals surface area (Å²) in [7, 11) is 0. The van der Waals surface area contributed by atoms with Crippen LogP contribution in [0.3, 0.4) is 0 Å². The van der Waals surface area contributed by atoms with Gasteiger partial charge in [0.1, 0.15) is 0 Å². The van der Waals surface area contributed by atoms with Gasteiger partial charge in [0.05, 0.1) is 5.92 Å². The first-order valence-electron chi connectivity index (χ1n) is 6.16. The van der Waals surface area contributed by atoms with Gasteiger partial charge in [-0.25, -0.2) is 0 Å². The molecule has 0 aromatic rings. The van der Waals surface area contributed by atoms with Crippen LogP contribution in [0.15, 0.2) is 12.2 Å². The van der Waals surface area contributed by atoms with Crippen LogP contribution in [0.25, 0.3) is 0 Å². The Morgan fingerprint density at radius 3 is 2.41 bits per heavy atom. The van der Waals surface area contributed by atoms with Crippen molar-refractivity contribution in [2.24, 2.45) is 17.8 Å². The first-order valence-corrected chi connectivity index (χ1v) is 6.16. The second-order valence-corrected chi connectivity index (χ2v) is 5.05. The Hall–Kier alpha value is -1.32. The Bertz CT molecular complexity index is 302. The summed E-state index contributed by atoms with van der Waals surface area (Å²) in [6.45, 7) is 4.21. The quantitative estimate of drug-likeness (QED) is 0.695. The van der Waals surface area contributed by atoms with E-state index in [0.717, 1.165) is 12.8 Å². The van der Waals surface area contributed by atoms with Gasteiger partial charge in [-0.05, 0) is 25.2 Å². The number of carbonyl (C=O) groups excluding carboxylic acids is 1. The highest BCUT2D eigenvalue weighted by molar-refractivity contribution is 5.80. The smallest absolute Gasteiger partial charge is 0.308 e. The molecule has 2 N–H and O–H groups in total. The van der Waals surface area contributed by atoms with Crippen molar-refractivity contribution >= 4 is 11.9 Å². The molecular formula is C13H21NO3. The van der Waals surface area contributed by atoms with Crippen molar-refractivity contribution in [1.29, 1.82) is 0 Å². The summed E-state index contributed by atoms with van der Waals surface area (Å²) in [6, 6.07) is 0. The normalized spacial score (nSPS) is 17.4. The Labute approximate surface area is 102 Å². The molecule has 0 saturated heterocycles. The summed E-state index contributed by atoms with van der Waals surface area (Å²) in [5.74, 6) is -1.01. The van der Waals surface area contributed by atoms with Crippen LogP contribution in [-0.4, -0.2) is 23.5 Å². The molecular weight excluding hydrogens is 218 g/mol. The lowest BCUT2D eigenvalue weighted by atomic mass is 9.97. The first kappa shape index (κ1) is 13.7. The molecule has 0 fully saturated rings. The lowest BCUT2D eigenvalue weighted by molar-refractivity contribution is -0.142. The van der Waals surface area contributed by atoms with E-state index < -0.39 is 11.9 Å². The zero-order valence-electron chi connectivity index (χ0n) is 10.5. The number of allylic oxidation sites excluding steroid dienone is 2. The fourth-order valence-electron chi connectivity index (χ4n) is 2.04. The maximum Gasteiger partial charge on any atom is 0.308 e. The van der Waals surface area contributed by atoms with Gasteiger partial charge in [0.2, 0.25) is 5.91 Å². The van der Waals surface area contributed by atoms with Gasteiger partial charge in [0.25, 0.3) is 0 Å². The van der Waals surface area contributed by atoms with Crippen LogP contribution in [0.4, 0.5) is 0 Å². The van der Waals surface area contributed by atoms with E-state index >= 15 is 0 Å². The van der Waals surface area contributed by atoms with Crippen LogP contribution in [0.5, 0.6) is 0 Å². The van der Waals surface area contributed by atoms with Gasteiger partial charge in [-0.3, -0.25) is 9.59 Å². The fraction of sp³-hybridized carbons (Fsp3) is 0.692. The van der Waals surface area contributed by atoms with Crippen molar-refractivity contribution in [3.8, 4) is 0 Å². The molecule has 0 radical (unpaired) electrons. The predicted octanol–water partition coefficient (Wildman–Crippen LogP) is 1.82. The standard InChI is InChI=1S/C13H21NO3/c1-9(2)7-11(13(16)17)8-14-12(15)10-5-3-4-6-10/h3-4,9-11H,5-8H2,1-2H3,(H,14,15)(H,16,17). The van der Waals surface area contributed by atoms with Crippen molar-refractivity contribution < 1.29 is 14.7 Å². The van der Waals surface area contributed by atoms with E-state index in [1.165, 1.54) is 0 Å². The molecule has 17 heavy (non-hydrogen) atoms. The Balaban J connectivity index is 2.35. The minimum absolute atomic E-state index is 0.00324. The molecule has 1 rings (SSSR count). The Morgan fingerprint density at radius 1 is 1.35 bits per heavy atom. The number of carboxylic acid groups (broad SMARTS) is 1. The third-order valence-corrected chi connectivity index (χ3v) is 3.01. The maximum atomic E-state index is 11.7. The summed E-state index contributed by atoms with van der Waals surface area (Å²) in [6.07, 6.45) is 6.13. The van der Waals surface area contributed by atoms with Crippen LogP contribution < -0.4 is 5.32 Å². The molecule has 96 valence electrons. The molecule has 0 saturated carbocycles. The molecule has 1 amide bonds. The first-order chi connectivity index (χ1) is 8.00. The molecule has 4 nitrogen and oxygen atoms in total. The van der Waals surface area contributed by atoms with E-state index in [1.54, 1.807) is 0 Å². The lowest BCUT2D eigenvalue weighted by Gasteiger charge is -2.17. The van der Waals surface area contributed by atoms with Gasteiger partial charge < -0.3 is 10.4 Å². The third-order valence-electron chi connectivity index (χ3n) is 3.01. The molecule has 0 heterocycles. The molecule has 0 spiro atoms. The van der Waals surface area contributed by atoms with E-state index in [-0.39, 0.29) is 18.4 Å². The van der Waals surface area contributed by atoms with Gasteiger partial charge in [-0.15, -0.1) is 0 Å². The minimum Gasteiger partial charge on any atom is -0.481 e. The topological polar surface area (TPSA) is 66.4 Å². The molecule has 1 aliphatic carbocycles. The van der Waals surface area contributed by atoms with Crippen LogP contribution in [0.2, 0.25) is 0 Å². The van der Waals surface area contributed by atoms with Crippen LogP contribution >= 0.6 is 0 Å². The zero-order chi connectivity index (χ0) is 12.8. The number of hydrogen-bond acceptors (Lipinski definition) is 2. The van der Waals surface area contributed by atoms with Crippen molar-refractivity contribution in [1.82, 2.24) is 5.32 Å². The summed E-state index contributed by atoms with van der Waals surface area (Å²) in [5.41, 5.74) is 0. The van der Waals surface area contributed by atoms with E-state index in [9.17, 15) is 9.59 Å². The van der Waals surface area contributed by atoms with Crippen LogP contribution in [0.1, 0.15) is 33.1 Å². The lowest BCUT2D eigenvalue weighted by Crippen LogP contribution is -2.36. The van der Waals surface area contributed by atoms with Gasteiger partial charge in [0.15, 0.2) is 0 Å². The number of rotatable bonds is 6. The molecule has 0 aromatic carbocycles. The zero-order valence-corrected chi connectivity index (χ0v) is 10.5. The highest BCUT2D eigenvalue weighted by Gasteiger charge is 2.23. The summed E-state index contributed by atoms with van der Waals surface area (Å²) in [5, 5.41) is 11.8. The average molecular weight is 239 g/mol. The van der Waals surface area contributed by atoms with E-state index in [1.807, 2.05) is 26.0 Å². The van der Waals surface area contributed by atoms with Crippen molar-refractivity contribution in [2.45, 2.75) is 33.1 Å². The predicted molar refractivity (Wildman–Crippen MR) is 65.5 cm³/mol. The molecule has 0 bridgehead atoms. The number of carboxylic acids is 1. The highest BCUT2D eigenvalue weighted by atomic mass is 16.4. The molecule has 1 atom stereocenters. The Morgan fingerprint density at radius 2 is 1.94 bits per heavy atom. The molecule has 0 aliphatic heterocycles. The van der Waals surface area contributed by atoms with Gasteiger partial charge in [-0.2, -0.15) is 0 Å². The summed E-state index contributed by atoms with van der Waals surface area (Å²) in [4.78, 5) is 22.7. The highest BCUT2D eigenvalue weighted by Crippen LogP contribution is 2.18. The molecule has 4 heteroatoms. The van der Waals surface area contributed by atoms with Gasteiger partial charge in [-0.1, -0.05) is 26.0 Å². The van der Waals surface area contributed by atoms with Crippen molar-refractivity contribution in [2.75, 3.05) is 6.54 Å². The number of nitrogens with one attached hydrogen (secondary N) is 1. The number of aliphatic carboxylic acids is 1. The van der Waals surface area contributed by atoms with Crippen LogP contribution in [0, 0.1) is 17.8 Å². The molecule has 1 unspecified atom stereocenters. The average Bonchev–Trinajstić information content (AvgIpc) is 2.76. The number of carbonyl (C=O) groups is 2. The molecule has 0 aromatic heterocycles. The maximum absolute atomic E-state index is 11.7. The Kier molecular flexibility index (Phi) is 5.19.